The van der Waals surface area contributed by atoms with E-state index in [0.29, 0.717) is 29.9 Å². The van der Waals surface area contributed by atoms with Crippen LogP contribution < -0.4 is 4.74 Å². The average Bonchev–Trinajstić information content (AvgIpc) is 2.91. The van der Waals surface area contributed by atoms with Crippen LogP contribution in [0.5, 0.6) is 5.75 Å². The van der Waals surface area contributed by atoms with Crippen molar-refractivity contribution in [1.82, 2.24) is 0 Å². The first-order chi connectivity index (χ1) is 12.8. The number of ether oxygens (including phenoxy) is 2. The lowest BCUT2D eigenvalue weighted by molar-refractivity contribution is -0.155. The van der Waals surface area contributed by atoms with Crippen LogP contribution in [0.4, 0.5) is 0 Å². The van der Waals surface area contributed by atoms with E-state index in [1.54, 1.807) is 0 Å². The number of hydrogen-bond acceptors (Lipinski definition) is 5. The highest BCUT2D eigenvalue weighted by Gasteiger charge is 2.56. The van der Waals surface area contributed by atoms with Crippen LogP contribution in [-0.4, -0.2) is 23.1 Å². The maximum absolute atomic E-state index is 11.5. The van der Waals surface area contributed by atoms with Gasteiger partial charge in [0.05, 0.1) is 6.10 Å². The third-order valence-corrected chi connectivity index (χ3v) is 7.23. The van der Waals surface area contributed by atoms with Gasteiger partial charge in [-0.05, 0) is 73.1 Å². The first-order valence-electron chi connectivity index (χ1n) is 9.97. The Hall–Kier alpha value is -1.88. The molecule has 6 atom stereocenters. The van der Waals surface area contributed by atoms with Crippen molar-refractivity contribution in [3.05, 3.63) is 29.3 Å². The molecular weight excluding hydrogens is 344 g/mol. The molecule has 4 rings (SSSR count). The molecule has 5 heteroatoms. The lowest BCUT2D eigenvalue weighted by atomic mass is 9.55. The first-order valence-corrected chi connectivity index (χ1v) is 9.97. The largest absolute Gasteiger partial charge is 0.462 e. The highest BCUT2D eigenvalue weighted by molar-refractivity contribution is 5.69. The molecule has 27 heavy (non-hydrogen) atoms. The zero-order chi connectivity index (χ0) is 19.3. The third-order valence-electron chi connectivity index (χ3n) is 7.23. The van der Waals surface area contributed by atoms with Gasteiger partial charge in [0.1, 0.15) is 11.9 Å². The van der Waals surface area contributed by atoms with Gasteiger partial charge in [0.25, 0.3) is 0 Å². The fourth-order valence-electron chi connectivity index (χ4n) is 6.14. The smallest absolute Gasteiger partial charge is 0.308 e. The molecule has 0 bridgehead atoms. The van der Waals surface area contributed by atoms with Crippen molar-refractivity contribution in [2.75, 3.05) is 0 Å². The van der Waals surface area contributed by atoms with Crippen LogP contribution >= 0.6 is 0 Å². The molecule has 0 amide bonds. The Bertz CT molecular complexity index is 772. The van der Waals surface area contributed by atoms with Crippen LogP contribution in [0.3, 0.4) is 0 Å². The van der Waals surface area contributed by atoms with Gasteiger partial charge in [-0.1, -0.05) is 13.0 Å². The van der Waals surface area contributed by atoms with E-state index < -0.39 is 6.10 Å². The summed E-state index contributed by atoms with van der Waals surface area (Å²) in [4.78, 5) is 22.8. The van der Waals surface area contributed by atoms with Gasteiger partial charge in [-0.25, -0.2) is 0 Å². The van der Waals surface area contributed by atoms with Gasteiger partial charge in [0.2, 0.25) is 0 Å². The molecule has 0 spiro atoms. The maximum Gasteiger partial charge on any atom is 0.308 e. The second-order valence-electron chi connectivity index (χ2n) is 8.73. The van der Waals surface area contributed by atoms with Crippen LogP contribution in [0, 0.1) is 17.3 Å². The molecule has 2 saturated carbocycles. The van der Waals surface area contributed by atoms with E-state index in [9.17, 15) is 14.7 Å². The van der Waals surface area contributed by atoms with Crippen LogP contribution in [0.1, 0.15) is 76.0 Å². The van der Waals surface area contributed by atoms with Gasteiger partial charge in [-0.15, -0.1) is 0 Å². The summed E-state index contributed by atoms with van der Waals surface area (Å²) < 4.78 is 10.9. The molecule has 0 heterocycles. The van der Waals surface area contributed by atoms with Gasteiger partial charge in [-0.3, -0.25) is 9.59 Å². The fourth-order valence-corrected chi connectivity index (χ4v) is 6.14. The fraction of sp³-hybridized carbons (Fsp3) is 0.636. The molecule has 1 aromatic rings. The standard InChI is InChI=1S/C22H28O5/c1-12(23)26-14-4-5-15-16-8-9-22(3)19(6-7-21(22)27-13(2)24)17(16)11-20(25)18(15)10-14/h4-5,10,16-17,19-21,25H,6-9,11H2,1-3H3/t16-,17-,19+,20+,21+,22+/m1/s1. The SMILES string of the molecule is CC(=O)Oc1ccc2c(c1)[C@@H](O)C[C@@H]1[C@@H]2CC[C@]2(C)[C@@H](OC(C)=O)CC[C@@H]12. The van der Waals surface area contributed by atoms with Crippen LogP contribution in [0.2, 0.25) is 0 Å². The third kappa shape index (κ3) is 3.06. The Morgan fingerprint density at radius 3 is 2.59 bits per heavy atom. The van der Waals surface area contributed by atoms with E-state index in [4.69, 9.17) is 9.47 Å². The van der Waals surface area contributed by atoms with Crippen molar-refractivity contribution < 1.29 is 24.2 Å². The monoisotopic (exact) mass is 372 g/mol. The molecule has 0 aliphatic heterocycles. The number of carbonyl (C=O) groups is 2. The number of carbonyl (C=O) groups excluding carboxylic acids is 2. The molecular formula is C22H28O5. The summed E-state index contributed by atoms with van der Waals surface area (Å²) in [7, 11) is 0. The van der Waals surface area contributed by atoms with E-state index >= 15 is 0 Å². The molecule has 5 nitrogen and oxygen atoms in total. The molecule has 3 aliphatic rings. The predicted octanol–water partition coefficient (Wildman–Crippen LogP) is 3.89. The second kappa shape index (κ2) is 6.62. The van der Waals surface area contributed by atoms with Crippen LogP contribution in [-0.2, 0) is 14.3 Å². The van der Waals surface area contributed by atoms with Crippen molar-refractivity contribution in [1.29, 1.82) is 0 Å². The topological polar surface area (TPSA) is 72.8 Å². The summed E-state index contributed by atoms with van der Waals surface area (Å²) in [6.45, 7) is 5.14. The minimum absolute atomic E-state index is 0.00173. The average molecular weight is 372 g/mol. The quantitative estimate of drug-likeness (QED) is 0.630. The molecule has 2 fully saturated rings. The lowest BCUT2D eigenvalue weighted by Gasteiger charge is -2.51. The highest BCUT2D eigenvalue weighted by Crippen LogP contribution is 2.62. The summed E-state index contributed by atoms with van der Waals surface area (Å²) in [5.41, 5.74) is 2.09. The Balaban J connectivity index is 1.63. The van der Waals surface area contributed by atoms with Gasteiger partial charge in [-0.2, -0.15) is 0 Å². The van der Waals surface area contributed by atoms with E-state index in [1.807, 2.05) is 18.2 Å². The van der Waals surface area contributed by atoms with Crippen LogP contribution in [0.15, 0.2) is 18.2 Å². The minimum atomic E-state index is -0.549. The van der Waals surface area contributed by atoms with E-state index in [-0.39, 0.29) is 23.5 Å². The zero-order valence-electron chi connectivity index (χ0n) is 16.2. The molecule has 0 saturated heterocycles. The van der Waals surface area contributed by atoms with Gasteiger partial charge in [0, 0.05) is 19.3 Å². The minimum Gasteiger partial charge on any atom is -0.462 e. The summed E-state index contributed by atoms with van der Waals surface area (Å²) in [6.07, 6.45) is 4.17. The van der Waals surface area contributed by atoms with Crippen molar-refractivity contribution in [3.63, 3.8) is 0 Å². The maximum atomic E-state index is 11.5. The number of benzene rings is 1. The van der Waals surface area contributed by atoms with Crippen molar-refractivity contribution >= 4 is 11.9 Å². The number of rotatable bonds is 2. The van der Waals surface area contributed by atoms with E-state index in [0.717, 1.165) is 31.2 Å². The summed E-state index contributed by atoms with van der Waals surface area (Å²) in [6, 6.07) is 5.68. The second-order valence-corrected chi connectivity index (χ2v) is 8.73. The summed E-state index contributed by atoms with van der Waals surface area (Å²) >= 11 is 0. The van der Waals surface area contributed by atoms with Gasteiger partial charge < -0.3 is 14.6 Å². The van der Waals surface area contributed by atoms with Crippen molar-refractivity contribution in [2.24, 2.45) is 17.3 Å². The number of fused-ring (bicyclic) bond motifs is 5. The van der Waals surface area contributed by atoms with Crippen molar-refractivity contribution in [2.45, 2.75) is 71.0 Å². The lowest BCUT2D eigenvalue weighted by Crippen LogP contribution is -2.45. The first kappa shape index (κ1) is 18.5. The predicted molar refractivity (Wildman–Crippen MR) is 99.2 cm³/mol. The summed E-state index contributed by atoms with van der Waals surface area (Å²) in [5.74, 6) is 1.20. The molecule has 146 valence electrons. The number of aliphatic hydroxyl groups excluding tert-OH is 1. The number of hydrogen-bond donors (Lipinski definition) is 1. The number of esters is 2. The number of aliphatic hydroxyl groups is 1. The van der Waals surface area contributed by atoms with E-state index in [1.165, 1.54) is 19.4 Å². The molecule has 3 aliphatic carbocycles. The highest BCUT2D eigenvalue weighted by atomic mass is 16.5. The van der Waals surface area contributed by atoms with Gasteiger partial charge >= 0.3 is 11.9 Å². The zero-order valence-corrected chi connectivity index (χ0v) is 16.2. The van der Waals surface area contributed by atoms with Crippen LogP contribution in [0.25, 0.3) is 0 Å². The molecule has 1 aromatic carbocycles. The molecule has 0 unspecified atom stereocenters. The molecule has 0 radical (unpaired) electrons. The van der Waals surface area contributed by atoms with E-state index in [2.05, 4.69) is 6.92 Å². The Morgan fingerprint density at radius 2 is 1.89 bits per heavy atom. The Morgan fingerprint density at radius 1 is 1.11 bits per heavy atom. The molecule has 0 aromatic heterocycles. The van der Waals surface area contributed by atoms with Crippen molar-refractivity contribution in [3.8, 4) is 5.75 Å². The normalized spacial score (nSPS) is 37.0. The van der Waals surface area contributed by atoms with Gasteiger partial charge in [0.15, 0.2) is 0 Å². The summed E-state index contributed by atoms with van der Waals surface area (Å²) in [5, 5.41) is 10.8. The Kier molecular flexibility index (Phi) is 4.53. The molecule has 1 N–H and O–H groups in total. The Labute approximate surface area is 160 Å².